The quantitative estimate of drug-likeness (QED) is 0.702. The normalized spacial score (nSPS) is 22.3. The molecule has 2 aliphatic rings. The van der Waals surface area contributed by atoms with E-state index in [1.54, 1.807) is 6.07 Å². The minimum Gasteiger partial charge on any atom is -0.370 e. The van der Waals surface area contributed by atoms with Gasteiger partial charge in [0.1, 0.15) is 17.5 Å². The molecule has 3 aromatic rings. The van der Waals surface area contributed by atoms with E-state index in [0.717, 1.165) is 68.2 Å². The summed E-state index contributed by atoms with van der Waals surface area (Å²) in [6.07, 6.45) is 3.48. The molecule has 0 radical (unpaired) electrons. The zero-order valence-electron chi connectivity index (χ0n) is 16.9. The van der Waals surface area contributed by atoms with Crippen LogP contribution in [0.1, 0.15) is 18.4 Å². The van der Waals surface area contributed by atoms with Gasteiger partial charge in [-0.15, -0.1) is 0 Å². The molecule has 8 heteroatoms. The largest absolute Gasteiger partial charge is 0.370 e. The van der Waals surface area contributed by atoms with Crippen molar-refractivity contribution in [1.82, 2.24) is 15.0 Å². The lowest BCUT2D eigenvalue weighted by Crippen LogP contribution is -2.57. The molecule has 2 atom stereocenters. The second-order valence-electron chi connectivity index (χ2n) is 8.38. The predicted octanol–water partition coefficient (Wildman–Crippen LogP) is 3.82. The summed E-state index contributed by atoms with van der Waals surface area (Å²) in [7, 11) is 0. The average molecular weight is 413 g/mol. The first-order valence-electron chi connectivity index (χ1n) is 10.5. The van der Waals surface area contributed by atoms with Crippen molar-refractivity contribution >= 4 is 22.6 Å². The monoisotopic (exact) mass is 413 g/mol. The van der Waals surface area contributed by atoms with Crippen molar-refractivity contribution in [2.75, 3.05) is 42.9 Å². The van der Waals surface area contributed by atoms with Crippen molar-refractivity contribution in [3.63, 3.8) is 0 Å². The topological polar surface area (TPSA) is 57.4 Å². The molecule has 2 saturated heterocycles. The van der Waals surface area contributed by atoms with Crippen molar-refractivity contribution in [3.05, 3.63) is 47.7 Å². The molecule has 1 aromatic carbocycles. The Morgan fingerprint density at radius 1 is 1.13 bits per heavy atom. The van der Waals surface area contributed by atoms with E-state index in [-0.39, 0.29) is 11.6 Å². The van der Waals surface area contributed by atoms with Gasteiger partial charge in [0, 0.05) is 38.8 Å². The van der Waals surface area contributed by atoms with Gasteiger partial charge in [0.2, 0.25) is 0 Å². The fourth-order valence-electron chi connectivity index (χ4n) is 4.71. The van der Waals surface area contributed by atoms with Gasteiger partial charge in [-0.3, -0.25) is 4.90 Å². The molecule has 5 rings (SSSR count). The number of piperidine rings is 1. The third-order valence-corrected chi connectivity index (χ3v) is 6.32. The summed E-state index contributed by atoms with van der Waals surface area (Å²) in [4.78, 5) is 8.93. The Hall–Kier alpha value is -2.74. The van der Waals surface area contributed by atoms with Gasteiger partial charge in [0.15, 0.2) is 11.4 Å². The van der Waals surface area contributed by atoms with Crippen LogP contribution in [0, 0.1) is 24.5 Å². The van der Waals surface area contributed by atoms with Gasteiger partial charge >= 0.3 is 0 Å². The molecule has 0 unspecified atom stereocenters. The highest BCUT2D eigenvalue weighted by atomic mass is 19.1. The number of nitrogens with one attached hydrogen (secondary N) is 1. The maximum Gasteiger partial charge on any atom is 0.180 e. The number of aryl methyl sites for hydroxylation is 1. The zero-order valence-corrected chi connectivity index (χ0v) is 16.9. The molecule has 2 fully saturated rings. The third-order valence-electron chi connectivity index (χ3n) is 6.32. The maximum atomic E-state index is 13.7. The third kappa shape index (κ3) is 3.71. The number of hydrogen-bond acceptors (Lipinski definition) is 6. The van der Waals surface area contributed by atoms with Crippen LogP contribution < -0.4 is 10.2 Å². The standard InChI is InChI=1S/C22H25F2N5O/c1-14-8-17(24)11-26-21(14)25-10-15-2-4-18-13-29(7-6-28(18)12-15)22-19-9-16(23)3-5-20(19)30-27-22/h3,5,8-9,11,15,18H,2,4,6-7,10,12-13H2,1H3,(H,25,26)/t15-,18+/m0/s1. The van der Waals surface area contributed by atoms with E-state index in [1.165, 1.54) is 24.4 Å². The van der Waals surface area contributed by atoms with E-state index in [4.69, 9.17) is 4.52 Å². The van der Waals surface area contributed by atoms with Crippen LogP contribution in [0.2, 0.25) is 0 Å². The van der Waals surface area contributed by atoms with Gasteiger partial charge in [0.05, 0.1) is 11.6 Å². The van der Waals surface area contributed by atoms with E-state index in [0.29, 0.717) is 17.5 Å². The highest BCUT2D eigenvalue weighted by molar-refractivity contribution is 5.88. The van der Waals surface area contributed by atoms with E-state index >= 15 is 0 Å². The smallest absolute Gasteiger partial charge is 0.180 e. The maximum absolute atomic E-state index is 13.7. The summed E-state index contributed by atoms with van der Waals surface area (Å²) in [6, 6.07) is 6.49. The number of rotatable bonds is 4. The molecule has 0 bridgehead atoms. The summed E-state index contributed by atoms with van der Waals surface area (Å²) >= 11 is 0. The van der Waals surface area contributed by atoms with Crippen LogP contribution in [-0.2, 0) is 0 Å². The van der Waals surface area contributed by atoms with E-state index in [2.05, 4.69) is 25.3 Å². The van der Waals surface area contributed by atoms with Crippen molar-refractivity contribution < 1.29 is 13.3 Å². The highest BCUT2D eigenvalue weighted by Crippen LogP contribution is 2.31. The van der Waals surface area contributed by atoms with Gasteiger partial charge in [-0.05, 0) is 55.5 Å². The Balaban J connectivity index is 1.20. The summed E-state index contributed by atoms with van der Waals surface area (Å²) in [5.74, 6) is 1.45. The average Bonchev–Trinajstić information content (AvgIpc) is 3.15. The number of aromatic nitrogens is 2. The molecule has 2 aliphatic heterocycles. The molecule has 0 saturated carbocycles. The molecule has 0 spiro atoms. The summed E-state index contributed by atoms with van der Waals surface area (Å²) in [5.41, 5.74) is 1.45. The zero-order chi connectivity index (χ0) is 20.7. The van der Waals surface area contributed by atoms with Crippen LogP contribution in [0.3, 0.4) is 0 Å². The van der Waals surface area contributed by atoms with E-state index in [9.17, 15) is 8.78 Å². The number of benzene rings is 1. The van der Waals surface area contributed by atoms with Crippen LogP contribution in [0.5, 0.6) is 0 Å². The van der Waals surface area contributed by atoms with Crippen LogP contribution >= 0.6 is 0 Å². The molecule has 6 nitrogen and oxygen atoms in total. The number of halogens is 2. The Morgan fingerprint density at radius 3 is 2.90 bits per heavy atom. The highest BCUT2D eigenvalue weighted by Gasteiger charge is 2.34. The lowest BCUT2D eigenvalue weighted by molar-refractivity contribution is 0.0994. The lowest BCUT2D eigenvalue weighted by atomic mass is 9.91. The number of hydrogen-bond donors (Lipinski definition) is 1. The van der Waals surface area contributed by atoms with Gasteiger partial charge in [-0.1, -0.05) is 5.16 Å². The molecule has 4 heterocycles. The first-order chi connectivity index (χ1) is 14.6. The van der Waals surface area contributed by atoms with Crippen molar-refractivity contribution in [3.8, 4) is 0 Å². The molecule has 2 aromatic heterocycles. The number of pyridine rings is 1. The number of nitrogens with zero attached hydrogens (tertiary/aromatic N) is 4. The lowest BCUT2D eigenvalue weighted by Gasteiger charge is -2.46. The molecule has 158 valence electrons. The van der Waals surface area contributed by atoms with Crippen molar-refractivity contribution in [2.24, 2.45) is 5.92 Å². The first-order valence-corrected chi connectivity index (χ1v) is 10.5. The van der Waals surface area contributed by atoms with Gasteiger partial charge in [-0.2, -0.15) is 0 Å². The summed E-state index contributed by atoms with van der Waals surface area (Å²) in [5, 5.41) is 8.34. The Labute approximate surface area is 173 Å². The van der Waals surface area contributed by atoms with Crippen molar-refractivity contribution in [1.29, 1.82) is 0 Å². The van der Waals surface area contributed by atoms with Crippen LogP contribution in [0.15, 0.2) is 35.0 Å². The van der Waals surface area contributed by atoms with Crippen molar-refractivity contribution in [2.45, 2.75) is 25.8 Å². The Kier molecular flexibility index (Phi) is 5.02. The molecule has 0 amide bonds. The summed E-state index contributed by atoms with van der Waals surface area (Å²) in [6.45, 7) is 6.39. The van der Waals surface area contributed by atoms with Gasteiger partial charge < -0.3 is 14.7 Å². The second kappa shape index (κ2) is 7.83. The molecule has 30 heavy (non-hydrogen) atoms. The SMILES string of the molecule is Cc1cc(F)cnc1NC[C@@H]1CC[C@@H]2CN(c3noc4ccc(F)cc34)CCN2C1. The predicted molar refractivity (Wildman–Crippen MR) is 112 cm³/mol. The van der Waals surface area contributed by atoms with Crippen LogP contribution in [0.4, 0.5) is 20.4 Å². The molecular formula is C22H25F2N5O. The molecular weight excluding hydrogens is 388 g/mol. The minimum absolute atomic E-state index is 0.274. The van der Waals surface area contributed by atoms with E-state index < -0.39 is 0 Å². The Bertz CT molecular complexity index is 1060. The first kappa shape index (κ1) is 19.2. The minimum atomic E-state index is -0.306. The van der Waals surface area contributed by atoms with E-state index in [1.807, 2.05) is 6.92 Å². The summed E-state index contributed by atoms with van der Waals surface area (Å²) < 4.78 is 32.3. The Morgan fingerprint density at radius 2 is 2.03 bits per heavy atom. The fraction of sp³-hybridized carbons (Fsp3) is 0.455. The number of piperazine rings is 1. The van der Waals surface area contributed by atoms with Crippen LogP contribution in [-0.4, -0.2) is 53.8 Å². The van der Waals surface area contributed by atoms with Crippen LogP contribution in [0.25, 0.3) is 11.0 Å². The fourth-order valence-corrected chi connectivity index (χ4v) is 4.71. The molecule has 1 N–H and O–H groups in total. The molecule has 0 aliphatic carbocycles. The second-order valence-corrected chi connectivity index (χ2v) is 8.38. The number of anilines is 2. The number of fused-ring (bicyclic) bond motifs is 2. The van der Waals surface area contributed by atoms with Gasteiger partial charge in [-0.25, -0.2) is 13.8 Å². The van der Waals surface area contributed by atoms with Gasteiger partial charge in [0.25, 0.3) is 0 Å².